The lowest BCUT2D eigenvalue weighted by molar-refractivity contribution is -0.178. The number of benzene rings is 1. The molecule has 0 radical (unpaired) electrons. The van der Waals surface area contributed by atoms with Gasteiger partial charge in [0.25, 0.3) is 5.91 Å². The summed E-state index contributed by atoms with van der Waals surface area (Å²) >= 11 is 0. The molecular weight excluding hydrogens is 270 g/mol. The van der Waals surface area contributed by atoms with Gasteiger partial charge in [0.15, 0.2) is 0 Å². The van der Waals surface area contributed by atoms with Gasteiger partial charge in [-0.15, -0.1) is 6.58 Å². The van der Waals surface area contributed by atoms with Crippen LogP contribution in [0, 0.1) is 5.92 Å². The number of hydrogen-bond donors (Lipinski definition) is 1. The number of carbonyl (C=O) groups excluding carboxylic acids is 1. The molecule has 0 saturated heterocycles. The highest BCUT2D eigenvalue weighted by Crippen LogP contribution is 2.14. The lowest BCUT2D eigenvalue weighted by Gasteiger charge is -2.24. The average molecular weight is 293 g/mol. The molecule has 0 bridgehead atoms. The molecule has 0 aromatic heterocycles. The van der Waals surface area contributed by atoms with Crippen molar-refractivity contribution in [3.63, 3.8) is 0 Å². The summed E-state index contributed by atoms with van der Waals surface area (Å²) in [7, 11) is 2.91. The molecule has 21 heavy (non-hydrogen) atoms. The Kier molecular flexibility index (Phi) is 7.68. The number of hydrogen-bond acceptors (Lipinski definition) is 4. The summed E-state index contributed by atoms with van der Waals surface area (Å²) in [5, 5.41) is 11.3. The summed E-state index contributed by atoms with van der Waals surface area (Å²) in [5.41, 5.74) is 1.02. The van der Waals surface area contributed by atoms with Crippen LogP contribution < -0.4 is 0 Å². The van der Waals surface area contributed by atoms with Crippen molar-refractivity contribution in [1.29, 1.82) is 0 Å². The van der Waals surface area contributed by atoms with Crippen LogP contribution in [0.3, 0.4) is 0 Å². The largest absolute Gasteiger partial charge is 0.390 e. The third-order valence-corrected chi connectivity index (χ3v) is 3.19. The maximum Gasteiger partial charge on any atom is 0.251 e. The van der Waals surface area contributed by atoms with Gasteiger partial charge in [0, 0.05) is 7.05 Å². The molecule has 0 fully saturated rings. The second kappa shape index (κ2) is 9.28. The van der Waals surface area contributed by atoms with E-state index in [0.29, 0.717) is 13.0 Å². The highest BCUT2D eigenvalue weighted by atomic mass is 16.7. The van der Waals surface area contributed by atoms with E-state index in [2.05, 4.69) is 6.58 Å². The number of carbonyl (C=O) groups is 1. The molecule has 0 aliphatic carbocycles. The molecule has 1 aromatic rings. The second-order valence-electron chi connectivity index (χ2n) is 4.72. The van der Waals surface area contributed by atoms with E-state index in [1.807, 2.05) is 30.3 Å². The molecule has 1 rings (SSSR count). The molecular formula is C16H23NO4. The molecule has 2 atom stereocenters. The van der Waals surface area contributed by atoms with E-state index in [9.17, 15) is 9.90 Å². The third kappa shape index (κ3) is 5.67. The van der Waals surface area contributed by atoms with Gasteiger partial charge in [-0.3, -0.25) is 9.63 Å². The molecule has 116 valence electrons. The van der Waals surface area contributed by atoms with Crippen molar-refractivity contribution in [1.82, 2.24) is 5.06 Å². The molecule has 0 saturated carbocycles. The van der Waals surface area contributed by atoms with Crippen molar-refractivity contribution >= 4 is 5.91 Å². The Morgan fingerprint density at radius 3 is 2.67 bits per heavy atom. The van der Waals surface area contributed by atoms with E-state index in [0.717, 1.165) is 10.6 Å². The van der Waals surface area contributed by atoms with Crippen LogP contribution >= 0.6 is 0 Å². The number of allylic oxidation sites excluding steroid dienone is 1. The van der Waals surface area contributed by atoms with Gasteiger partial charge >= 0.3 is 0 Å². The maximum absolute atomic E-state index is 12.1. The van der Waals surface area contributed by atoms with E-state index < -0.39 is 12.0 Å². The molecule has 1 amide bonds. The van der Waals surface area contributed by atoms with Crippen molar-refractivity contribution in [2.75, 3.05) is 20.8 Å². The minimum absolute atomic E-state index is 0.0801. The van der Waals surface area contributed by atoms with Crippen molar-refractivity contribution in [3.05, 3.63) is 48.6 Å². The Morgan fingerprint density at radius 1 is 1.43 bits per heavy atom. The molecule has 0 aliphatic heterocycles. The minimum atomic E-state index is -0.906. The van der Waals surface area contributed by atoms with E-state index in [4.69, 9.17) is 9.57 Å². The number of ether oxygens (including phenoxy) is 1. The van der Waals surface area contributed by atoms with Crippen LogP contribution in [0.25, 0.3) is 0 Å². The van der Waals surface area contributed by atoms with Gasteiger partial charge < -0.3 is 9.84 Å². The molecule has 1 N–H and O–H groups in total. The third-order valence-electron chi connectivity index (χ3n) is 3.19. The monoisotopic (exact) mass is 293 g/mol. The van der Waals surface area contributed by atoms with Gasteiger partial charge in [0.05, 0.1) is 32.3 Å². The van der Waals surface area contributed by atoms with Crippen LogP contribution in [0.15, 0.2) is 43.0 Å². The van der Waals surface area contributed by atoms with Crippen LogP contribution in [0.5, 0.6) is 0 Å². The average Bonchev–Trinajstić information content (AvgIpc) is 2.52. The molecule has 5 heteroatoms. The van der Waals surface area contributed by atoms with Crippen molar-refractivity contribution in [3.8, 4) is 0 Å². The quantitative estimate of drug-likeness (QED) is 0.557. The smallest absolute Gasteiger partial charge is 0.251 e. The predicted octanol–water partition coefficient (Wildman–Crippen LogP) is 1.78. The van der Waals surface area contributed by atoms with Gasteiger partial charge in [-0.25, -0.2) is 5.06 Å². The topological polar surface area (TPSA) is 59.0 Å². The first kappa shape index (κ1) is 17.4. The van der Waals surface area contributed by atoms with Crippen LogP contribution in [-0.2, 0) is 21.0 Å². The fourth-order valence-corrected chi connectivity index (χ4v) is 1.91. The SMILES string of the molecule is C=CC[C@@H](C(=O)N(C)OC)[C@@H](O)COCc1ccccc1. The summed E-state index contributed by atoms with van der Waals surface area (Å²) in [6.45, 7) is 4.09. The van der Waals surface area contributed by atoms with Crippen LogP contribution in [0.4, 0.5) is 0 Å². The lowest BCUT2D eigenvalue weighted by Crippen LogP contribution is -2.40. The molecule has 0 heterocycles. The number of hydroxylamine groups is 2. The van der Waals surface area contributed by atoms with Gasteiger partial charge in [-0.2, -0.15) is 0 Å². The van der Waals surface area contributed by atoms with Crippen LogP contribution in [0.2, 0.25) is 0 Å². The highest BCUT2D eigenvalue weighted by molar-refractivity contribution is 5.78. The number of nitrogens with zero attached hydrogens (tertiary/aromatic N) is 1. The second-order valence-corrected chi connectivity index (χ2v) is 4.72. The van der Waals surface area contributed by atoms with E-state index in [1.54, 1.807) is 6.08 Å². The van der Waals surface area contributed by atoms with E-state index in [-0.39, 0.29) is 12.5 Å². The zero-order valence-corrected chi connectivity index (χ0v) is 12.6. The molecule has 0 unspecified atom stereocenters. The zero-order chi connectivity index (χ0) is 15.7. The number of aliphatic hydroxyl groups excluding tert-OH is 1. The van der Waals surface area contributed by atoms with E-state index >= 15 is 0 Å². The Hall–Kier alpha value is -1.69. The van der Waals surface area contributed by atoms with Gasteiger partial charge in [-0.1, -0.05) is 36.4 Å². The first-order valence-electron chi connectivity index (χ1n) is 6.82. The first-order valence-corrected chi connectivity index (χ1v) is 6.82. The number of amides is 1. The summed E-state index contributed by atoms with van der Waals surface area (Å²) in [6.07, 6.45) is 1.06. The minimum Gasteiger partial charge on any atom is -0.390 e. The van der Waals surface area contributed by atoms with Crippen LogP contribution in [-0.4, -0.2) is 42.9 Å². The first-order chi connectivity index (χ1) is 10.1. The Morgan fingerprint density at radius 2 is 2.10 bits per heavy atom. The Balaban J connectivity index is 2.50. The van der Waals surface area contributed by atoms with Crippen molar-refractivity contribution < 1.29 is 19.5 Å². The predicted molar refractivity (Wildman–Crippen MR) is 80.2 cm³/mol. The Labute approximate surface area is 125 Å². The lowest BCUT2D eigenvalue weighted by atomic mass is 9.98. The molecule has 1 aromatic carbocycles. The number of rotatable bonds is 9. The van der Waals surface area contributed by atoms with Crippen molar-refractivity contribution in [2.45, 2.75) is 19.1 Å². The maximum atomic E-state index is 12.1. The number of aliphatic hydroxyl groups is 1. The van der Waals surface area contributed by atoms with Crippen molar-refractivity contribution in [2.24, 2.45) is 5.92 Å². The van der Waals surface area contributed by atoms with Gasteiger partial charge in [0.2, 0.25) is 0 Å². The highest BCUT2D eigenvalue weighted by Gasteiger charge is 2.28. The summed E-state index contributed by atoms with van der Waals surface area (Å²) in [4.78, 5) is 16.9. The summed E-state index contributed by atoms with van der Waals surface area (Å²) < 4.78 is 5.48. The zero-order valence-electron chi connectivity index (χ0n) is 12.6. The molecule has 0 spiro atoms. The summed E-state index contributed by atoms with van der Waals surface area (Å²) in [5.74, 6) is -0.920. The van der Waals surface area contributed by atoms with Crippen LogP contribution in [0.1, 0.15) is 12.0 Å². The molecule has 5 nitrogen and oxygen atoms in total. The fourth-order valence-electron chi connectivity index (χ4n) is 1.91. The summed E-state index contributed by atoms with van der Waals surface area (Å²) in [6, 6.07) is 9.66. The van der Waals surface area contributed by atoms with E-state index in [1.165, 1.54) is 14.2 Å². The molecule has 0 aliphatic rings. The van der Waals surface area contributed by atoms with Gasteiger partial charge in [0.1, 0.15) is 0 Å². The Bertz CT molecular complexity index is 435. The van der Waals surface area contributed by atoms with Gasteiger partial charge in [-0.05, 0) is 12.0 Å². The standard InChI is InChI=1S/C16H23NO4/c1-4-8-14(16(19)17(2)20-3)15(18)12-21-11-13-9-6-5-7-10-13/h4-7,9-10,14-15,18H,1,8,11-12H2,2-3H3/t14-,15+/m1/s1. The normalized spacial score (nSPS) is 13.5. The fraction of sp³-hybridized carbons (Fsp3) is 0.438.